The van der Waals surface area contributed by atoms with Gasteiger partial charge >= 0.3 is 6.01 Å². The van der Waals surface area contributed by atoms with Crippen LogP contribution in [0.4, 0.5) is 6.01 Å². The Hall–Kier alpha value is -1.40. The summed E-state index contributed by atoms with van der Waals surface area (Å²) in [6.45, 7) is 7.04. The molecule has 2 aromatic heterocycles. The van der Waals surface area contributed by atoms with Crippen molar-refractivity contribution in [3.8, 4) is 0 Å². The van der Waals surface area contributed by atoms with Crippen molar-refractivity contribution in [1.82, 2.24) is 15.5 Å². The van der Waals surface area contributed by atoms with Gasteiger partial charge in [0.15, 0.2) is 0 Å². The fraction of sp³-hybridized carbons (Fsp3) is 0.571. The van der Waals surface area contributed by atoms with Gasteiger partial charge in [0, 0.05) is 15.8 Å². The Balaban J connectivity index is 1.60. The van der Waals surface area contributed by atoms with Gasteiger partial charge in [0.05, 0.1) is 12.6 Å². The molecule has 1 saturated carbocycles. The highest BCUT2D eigenvalue weighted by molar-refractivity contribution is 7.12. The smallest absolute Gasteiger partial charge is 0.315 e. The molecule has 108 valence electrons. The SMILES string of the molecule is Cc1cc(C(C)Nc2nnc(CNC3CC3)o2)c(C)s1. The van der Waals surface area contributed by atoms with Crippen molar-refractivity contribution in [2.75, 3.05) is 5.32 Å². The van der Waals surface area contributed by atoms with E-state index in [4.69, 9.17) is 4.42 Å². The third-order valence-corrected chi connectivity index (χ3v) is 4.45. The predicted octanol–water partition coefficient (Wildman–Crippen LogP) is 3.17. The Morgan fingerprint density at radius 1 is 1.40 bits per heavy atom. The molecule has 0 radical (unpaired) electrons. The Kier molecular flexibility index (Phi) is 3.76. The zero-order valence-corrected chi connectivity index (χ0v) is 12.9. The van der Waals surface area contributed by atoms with Crippen LogP contribution < -0.4 is 10.6 Å². The fourth-order valence-electron chi connectivity index (χ4n) is 2.25. The lowest BCUT2D eigenvalue weighted by atomic mass is 10.1. The van der Waals surface area contributed by atoms with Gasteiger partial charge in [0.25, 0.3) is 0 Å². The Morgan fingerprint density at radius 3 is 2.85 bits per heavy atom. The van der Waals surface area contributed by atoms with Crippen LogP contribution in [0.25, 0.3) is 0 Å². The molecule has 1 fully saturated rings. The maximum absolute atomic E-state index is 5.61. The van der Waals surface area contributed by atoms with Gasteiger partial charge in [-0.15, -0.1) is 16.4 Å². The largest absolute Gasteiger partial charge is 0.407 e. The van der Waals surface area contributed by atoms with Gasteiger partial charge in [0.1, 0.15) is 0 Å². The maximum Gasteiger partial charge on any atom is 0.315 e. The molecule has 1 aliphatic carbocycles. The van der Waals surface area contributed by atoms with Gasteiger partial charge in [-0.2, -0.15) is 0 Å². The van der Waals surface area contributed by atoms with Gasteiger partial charge in [-0.25, -0.2) is 0 Å². The van der Waals surface area contributed by atoms with Crippen LogP contribution in [0.1, 0.15) is 47.0 Å². The normalized spacial score (nSPS) is 16.4. The highest BCUT2D eigenvalue weighted by Gasteiger charge is 2.21. The zero-order chi connectivity index (χ0) is 14.1. The van der Waals surface area contributed by atoms with E-state index in [0.29, 0.717) is 24.5 Å². The van der Waals surface area contributed by atoms with E-state index in [2.05, 4.69) is 47.7 Å². The molecule has 6 heteroatoms. The minimum absolute atomic E-state index is 0.171. The van der Waals surface area contributed by atoms with Crippen LogP contribution in [-0.2, 0) is 6.54 Å². The van der Waals surface area contributed by atoms with E-state index in [9.17, 15) is 0 Å². The molecular weight excluding hydrogens is 272 g/mol. The average Bonchev–Trinajstić information content (AvgIpc) is 3.03. The van der Waals surface area contributed by atoms with E-state index < -0.39 is 0 Å². The van der Waals surface area contributed by atoms with Gasteiger partial charge in [-0.3, -0.25) is 0 Å². The van der Waals surface area contributed by atoms with E-state index in [1.807, 2.05) is 11.3 Å². The monoisotopic (exact) mass is 292 g/mol. The van der Waals surface area contributed by atoms with Crippen LogP contribution in [0.3, 0.4) is 0 Å². The number of nitrogens with one attached hydrogen (secondary N) is 2. The maximum atomic E-state index is 5.61. The third kappa shape index (κ3) is 3.19. The van der Waals surface area contributed by atoms with Crippen LogP contribution in [0, 0.1) is 13.8 Å². The van der Waals surface area contributed by atoms with Crippen molar-refractivity contribution in [3.05, 3.63) is 27.3 Å². The van der Waals surface area contributed by atoms with Crippen molar-refractivity contribution in [3.63, 3.8) is 0 Å². The van der Waals surface area contributed by atoms with Crippen LogP contribution in [-0.4, -0.2) is 16.2 Å². The van der Waals surface area contributed by atoms with Crippen LogP contribution in [0.5, 0.6) is 0 Å². The second-order valence-corrected chi connectivity index (χ2v) is 6.85. The topological polar surface area (TPSA) is 63.0 Å². The van der Waals surface area contributed by atoms with Crippen molar-refractivity contribution in [2.24, 2.45) is 0 Å². The molecule has 0 bridgehead atoms. The molecule has 2 aromatic rings. The third-order valence-electron chi connectivity index (χ3n) is 3.47. The Bertz CT molecular complexity index is 588. The summed E-state index contributed by atoms with van der Waals surface area (Å²) in [5.41, 5.74) is 1.29. The number of aromatic nitrogens is 2. The number of hydrogen-bond acceptors (Lipinski definition) is 6. The number of nitrogens with zero attached hydrogens (tertiary/aromatic N) is 2. The average molecular weight is 292 g/mol. The number of rotatable bonds is 6. The Labute approximate surface area is 122 Å². The minimum Gasteiger partial charge on any atom is -0.407 e. The van der Waals surface area contributed by atoms with Crippen LogP contribution >= 0.6 is 11.3 Å². The van der Waals surface area contributed by atoms with Crippen molar-refractivity contribution in [1.29, 1.82) is 0 Å². The lowest BCUT2D eigenvalue weighted by Crippen LogP contribution is -2.15. The molecule has 1 atom stereocenters. The number of aryl methyl sites for hydroxylation is 2. The molecule has 2 heterocycles. The molecule has 3 rings (SSSR count). The quantitative estimate of drug-likeness (QED) is 0.856. The first-order valence-corrected chi connectivity index (χ1v) is 7.82. The molecule has 0 saturated heterocycles. The van der Waals surface area contributed by atoms with Crippen molar-refractivity contribution in [2.45, 2.75) is 52.2 Å². The summed E-state index contributed by atoms with van der Waals surface area (Å²) in [5.74, 6) is 0.643. The molecule has 5 nitrogen and oxygen atoms in total. The van der Waals surface area contributed by atoms with E-state index in [1.54, 1.807) is 0 Å². The van der Waals surface area contributed by atoms with E-state index in [0.717, 1.165) is 0 Å². The standard InChI is InChI=1S/C14H20N4OS/c1-8-6-12(10(3)20-8)9(2)16-14-18-17-13(19-14)7-15-11-4-5-11/h6,9,11,15H,4-5,7H2,1-3H3,(H,16,18). The second-order valence-electron chi connectivity index (χ2n) is 5.39. The lowest BCUT2D eigenvalue weighted by molar-refractivity contribution is 0.473. The summed E-state index contributed by atoms with van der Waals surface area (Å²) in [6, 6.07) is 3.52. The van der Waals surface area contributed by atoms with Gasteiger partial charge in [-0.05, 0) is 45.2 Å². The molecular formula is C14H20N4OS. The highest BCUT2D eigenvalue weighted by Crippen LogP contribution is 2.28. The molecule has 2 N–H and O–H groups in total. The molecule has 20 heavy (non-hydrogen) atoms. The van der Waals surface area contributed by atoms with E-state index in [-0.39, 0.29) is 6.04 Å². The predicted molar refractivity (Wildman–Crippen MR) is 80.0 cm³/mol. The summed E-state index contributed by atoms with van der Waals surface area (Å²) < 4.78 is 5.61. The zero-order valence-electron chi connectivity index (χ0n) is 12.1. The van der Waals surface area contributed by atoms with E-state index >= 15 is 0 Å². The second kappa shape index (κ2) is 5.54. The Morgan fingerprint density at radius 2 is 2.20 bits per heavy atom. The number of hydrogen-bond donors (Lipinski definition) is 2. The lowest BCUT2D eigenvalue weighted by Gasteiger charge is -2.11. The molecule has 1 aliphatic rings. The fourth-order valence-corrected chi connectivity index (χ4v) is 3.27. The number of anilines is 1. The van der Waals surface area contributed by atoms with Gasteiger partial charge < -0.3 is 15.1 Å². The summed E-state index contributed by atoms with van der Waals surface area (Å²) in [7, 11) is 0. The molecule has 0 amide bonds. The van der Waals surface area contributed by atoms with Crippen molar-refractivity contribution >= 4 is 17.4 Å². The van der Waals surface area contributed by atoms with Crippen LogP contribution in [0.2, 0.25) is 0 Å². The summed E-state index contributed by atoms with van der Waals surface area (Å²) in [6.07, 6.45) is 2.51. The van der Waals surface area contributed by atoms with E-state index in [1.165, 1.54) is 28.2 Å². The first kappa shape index (κ1) is 13.6. The molecule has 0 aliphatic heterocycles. The number of thiophene rings is 1. The minimum atomic E-state index is 0.171. The van der Waals surface area contributed by atoms with Crippen LogP contribution in [0.15, 0.2) is 10.5 Å². The molecule has 1 unspecified atom stereocenters. The molecule has 0 aromatic carbocycles. The first-order chi connectivity index (χ1) is 9.61. The van der Waals surface area contributed by atoms with Crippen molar-refractivity contribution < 1.29 is 4.42 Å². The first-order valence-electron chi connectivity index (χ1n) is 7.01. The molecule has 0 spiro atoms. The summed E-state index contributed by atoms with van der Waals surface area (Å²) in [5, 5.41) is 14.7. The van der Waals surface area contributed by atoms with Gasteiger partial charge in [0.2, 0.25) is 5.89 Å². The summed E-state index contributed by atoms with van der Waals surface area (Å²) >= 11 is 1.81. The van der Waals surface area contributed by atoms with Gasteiger partial charge in [-0.1, -0.05) is 5.10 Å². The summed E-state index contributed by atoms with van der Waals surface area (Å²) in [4.78, 5) is 2.66. The highest BCUT2D eigenvalue weighted by atomic mass is 32.1.